The van der Waals surface area contributed by atoms with Crippen molar-refractivity contribution in [3.8, 4) is 11.5 Å². The molecule has 0 saturated carbocycles. The molecule has 0 unspecified atom stereocenters. The van der Waals surface area contributed by atoms with Crippen LogP contribution in [0.15, 0.2) is 40.9 Å². The molecule has 120 valence electrons. The Balaban J connectivity index is 2.18. The second kappa shape index (κ2) is 7.78. The van der Waals surface area contributed by atoms with E-state index in [-0.39, 0.29) is 12.2 Å². The standard InChI is InChI=1S/C17H15BrO5/c1-2-22-15-8-12(9-19)7-14(18)16(15)23-10-11-3-5-13(6-4-11)17(20)21/h3-9H,2,10H2,1H3,(H,20,21)/p-1. The van der Waals surface area contributed by atoms with Crippen LogP contribution in [-0.2, 0) is 6.61 Å². The fraction of sp³-hybridized carbons (Fsp3) is 0.176. The minimum Gasteiger partial charge on any atom is -0.545 e. The number of benzene rings is 2. The molecule has 0 N–H and O–H groups in total. The second-order valence-electron chi connectivity index (χ2n) is 4.65. The van der Waals surface area contributed by atoms with Gasteiger partial charge in [0.05, 0.1) is 17.0 Å². The molecule has 2 aromatic rings. The number of halogens is 1. The van der Waals surface area contributed by atoms with E-state index in [9.17, 15) is 14.7 Å². The van der Waals surface area contributed by atoms with Gasteiger partial charge in [-0.25, -0.2) is 0 Å². The van der Waals surface area contributed by atoms with E-state index in [1.165, 1.54) is 12.1 Å². The van der Waals surface area contributed by atoms with Gasteiger partial charge in [0.1, 0.15) is 12.9 Å². The van der Waals surface area contributed by atoms with Gasteiger partial charge in [-0.05, 0) is 46.1 Å². The van der Waals surface area contributed by atoms with Gasteiger partial charge >= 0.3 is 0 Å². The molecule has 0 aliphatic carbocycles. The third kappa shape index (κ3) is 4.32. The van der Waals surface area contributed by atoms with E-state index in [0.29, 0.717) is 28.1 Å². The molecule has 2 aromatic carbocycles. The van der Waals surface area contributed by atoms with E-state index in [1.54, 1.807) is 24.3 Å². The monoisotopic (exact) mass is 377 g/mol. The quantitative estimate of drug-likeness (QED) is 0.693. The number of carbonyl (C=O) groups excluding carboxylic acids is 2. The molecule has 0 amide bonds. The average Bonchev–Trinajstić information content (AvgIpc) is 2.54. The molecule has 5 nitrogen and oxygen atoms in total. The summed E-state index contributed by atoms with van der Waals surface area (Å²) < 4.78 is 11.9. The Labute approximate surface area is 142 Å². The van der Waals surface area contributed by atoms with Gasteiger partial charge in [-0.15, -0.1) is 0 Å². The van der Waals surface area contributed by atoms with Crippen molar-refractivity contribution in [3.63, 3.8) is 0 Å². The molecule has 0 saturated heterocycles. The van der Waals surface area contributed by atoms with Gasteiger partial charge in [-0.1, -0.05) is 24.3 Å². The van der Waals surface area contributed by atoms with Crippen molar-refractivity contribution < 1.29 is 24.2 Å². The number of carboxylic acid groups (broad SMARTS) is 1. The fourth-order valence-corrected chi connectivity index (χ4v) is 2.53. The Morgan fingerprint density at radius 1 is 1.22 bits per heavy atom. The van der Waals surface area contributed by atoms with Crippen LogP contribution >= 0.6 is 15.9 Å². The van der Waals surface area contributed by atoms with E-state index in [2.05, 4.69) is 15.9 Å². The molecule has 23 heavy (non-hydrogen) atoms. The number of carbonyl (C=O) groups is 2. The maximum Gasteiger partial charge on any atom is 0.175 e. The Bertz CT molecular complexity index is 710. The smallest absolute Gasteiger partial charge is 0.175 e. The SMILES string of the molecule is CCOc1cc(C=O)cc(Br)c1OCc1ccc(C(=O)[O-])cc1. The summed E-state index contributed by atoms with van der Waals surface area (Å²) in [6, 6.07) is 9.47. The van der Waals surface area contributed by atoms with E-state index < -0.39 is 5.97 Å². The van der Waals surface area contributed by atoms with Crippen LogP contribution < -0.4 is 14.6 Å². The predicted octanol–water partition coefficient (Wildman–Crippen LogP) is 2.60. The number of rotatable bonds is 7. The van der Waals surface area contributed by atoms with Gasteiger partial charge in [0.25, 0.3) is 0 Å². The lowest BCUT2D eigenvalue weighted by Crippen LogP contribution is -2.22. The van der Waals surface area contributed by atoms with Gasteiger partial charge in [-0.3, -0.25) is 4.79 Å². The molecule has 0 aliphatic rings. The molecule has 0 bridgehead atoms. The second-order valence-corrected chi connectivity index (χ2v) is 5.51. The Morgan fingerprint density at radius 2 is 1.91 bits per heavy atom. The minimum absolute atomic E-state index is 0.111. The maximum absolute atomic E-state index is 10.9. The Morgan fingerprint density at radius 3 is 2.48 bits per heavy atom. The molecule has 0 spiro atoms. The van der Waals surface area contributed by atoms with E-state index in [0.717, 1.165) is 11.8 Å². The normalized spacial score (nSPS) is 10.2. The van der Waals surface area contributed by atoms with Crippen molar-refractivity contribution in [2.75, 3.05) is 6.61 Å². The number of aromatic carboxylic acids is 1. The fourth-order valence-electron chi connectivity index (χ4n) is 1.95. The lowest BCUT2D eigenvalue weighted by molar-refractivity contribution is -0.255. The van der Waals surface area contributed by atoms with Gasteiger partial charge in [-0.2, -0.15) is 0 Å². The molecule has 0 aromatic heterocycles. The summed E-state index contributed by atoms with van der Waals surface area (Å²) in [5, 5.41) is 10.7. The lowest BCUT2D eigenvalue weighted by atomic mass is 10.1. The highest BCUT2D eigenvalue weighted by molar-refractivity contribution is 9.10. The van der Waals surface area contributed by atoms with E-state index in [1.807, 2.05) is 6.92 Å². The highest BCUT2D eigenvalue weighted by atomic mass is 79.9. The summed E-state index contributed by atoms with van der Waals surface area (Å²) in [7, 11) is 0. The van der Waals surface area contributed by atoms with E-state index >= 15 is 0 Å². The van der Waals surface area contributed by atoms with Gasteiger partial charge in [0.2, 0.25) is 0 Å². The molecule has 0 heterocycles. The molecule has 2 rings (SSSR count). The first-order chi connectivity index (χ1) is 11.0. The van der Waals surface area contributed by atoms with Crippen LogP contribution in [0.2, 0.25) is 0 Å². The number of carboxylic acids is 1. The van der Waals surface area contributed by atoms with Crippen LogP contribution in [0, 0.1) is 0 Å². The Kier molecular flexibility index (Phi) is 5.76. The zero-order valence-electron chi connectivity index (χ0n) is 12.4. The topological polar surface area (TPSA) is 75.7 Å². The summed E-state index contributed by atoms with van der Waals surface area (Å²) >= 11 is 3.36. The van der Waals surface area contributed by atoms with Crippen molar-refractivity contribution >= 4 is 28.2 Å². The summed E-state index contributed by atoms with van der Waals surface area (Å²) in [4.78, 5) is 21.6. The van der Waals surface area contributed by atoms with Crippen molar-refractivity contribution in [1.29, 1.82) is 0 Å². The highest BCUT2D eigenvalue weighted by Crippen LogP contribution is 2.37. The summed E-state index contributed by atoms with van der Waals surface area (Å²) in [5.41, 5.74) is 1.38. The van der Waals surface area contributed by atoms with Crippen molar-refractivity contribution in [1.82, 2.24) is 0 Å². The first-order valence-corrected chi connectivity index (χ1v) is 7.69. The van der Waals surface area contributed by atoms with Crippen LogP contribution in [0.1, 0.15) is 33.2 Å². The van der Waals surface area contributed by atoms with Crippen LogP contribution in [0.3, 0.4) is 0 Å². The summed E-state index contributed by atoms with van der Waals surface area (Å²) in [6.07, 6.45) is 0.732. The van der Waals surface area contributed by atoms with Gasteiger partial charge in [0, 0.05) is 5.56 Å². The molecular weight excluding hydrogens is 364 g/mol. The van der Waals surface area contributed by atoms with Gasteiger partial charge < -0.3 is 19.4 Å². The molecule has 0 aliphatic heterocycles. The first kappa shape index (κ1) is 17.0. The highest BCUT2D eigenvalue weighted by Gasteiger charge is 2.12. The van der Waals surface area contributed by atoms with Crippen molar-refractivity contribution in [2.24, 2.45) is 0 Å². The number of hydrogen-bond acceptors (Lipinski definition) is 5. The Hall–Kier alpha value is -2.34. The first-order valence-electron chi connectivity index (χ1n) is 6.89. The van der Waals surface area contributed by atoms with Crippen LogP contribution in [-0.4, -0.2) is 18.9 Å². The third-order valence-electron chi connectivity index (χ3n) is 3.04. The van der Waals surface area contributed by atoms with Crippen molar-refractivity contribution in [3.05, 3.63) is 57.6 Å². The summed E-state index contributed by atoms with van der Waals surface area (Å²) in [6.45, 7) is 2.50. The molecule has 0 atom stereocenters. The van der Waals surface area contributed by atoms with Crippen LogP contribution in [0.4, 0.5) is 0 Å². The zero-order chi connectivity index (χ0) is 16.8. The number of hydrogen-bond donors (Lipinski definition) is 0. The van der Waals surface area contributed by atoms with Crippen LogP contribution in [0.25, 0.3) is 0 Å². The number of ether oxygens (including phenoxy) is 2. The average molecular weight is 378 g/mol. The van der Waals surface area contributed by atoms with E-state index in [4.69, 9.17) is 9.47 Å². The largest absolute Gasteiger partial charge is 0.545 e. The lowest BCUT2D eigenvalue weighted by Gasteiger charge is -2.14. The zero-order valence-corrected chi connectivity index (χ0v) is 14.0. The third-order valence-corrected chi connectivity index (χ3v) is 3.63. The molecular formula is C17H14BrO5-. The maximum atomic E-state index is 10.9. The predicted molar refractivity (Wildman–Crippen MR) is 85.8 cm³/mol. The number of aldehydes is 1. The molecule has 0 fully saturated rings. The van der Waals surface area contributed by atoms with Crippen molar-refractivity contribution in [2.45, 2.75) is 13.5 Å². The summed E-state index contributed by atoms with van der Waals surface area (Å²) in [5.74, 6) is -0.264. The van der Waals surface area contributed by atoms with Gasteiger partial charge in [0.15, 0.2) is 11.5 Å². The molecule has 0 radical (unpaired) electrons. The molecule has 6 heteroatoms. The van der Waals surface area contributed by atoms with Crippen LogP contribution in [0.5, 0.6) is 11.5 Å². The minimum atomic E-state index is -1.22.